The lowest BCUT2D eigenvalue weighted by Gasteiger charge is -2.52. The second kappa shape index (κ2) is 7.96. The van der Waals surface area contributed by atoms with Crippen LogP contribution >= 0.6 is 0 Å². The molecule has 1 aliphatic heterocycles. The molecule has 2 aromatic carbocycles. The van der Waals surface area contributed by atoms with Gasteiger partial charge in [0.05, 0.1) is 0 Å². The zero-order valence-corrected chi connectivity index (χ0v) is 18.4. The summed E-state index contributed by atoms with van der Waals surface area (Å²) in [5.74, 6) is -0.395. The monoisotopic (exact) mass is 429 g/mol. The average Bonchev–Trinajstić information content (AvgIpc) is 3.03. The van der Waals surface area contributed by atoms with Gasteiger partial charge in [-0.05, 0) is 51.1 Å². The van der Waals surface area contributed by atoms with Gasteiger partial charge in [-0.15, -0.1) is 0 Å². The highest BCUT2D eigenvalue weighted by Gasteiger charge is 2.71. The smallest absolute Gasteiger partial charge is 0.489 e. The fraction of sp³-hybridized carbons (Fsp3) is 0.417. The number of nitrogens with two attached hydrogens (primary N) is 1. The quantitative estimate of drug-likeness (QED) is 0.670. The summed E-state index contributed by atoms with van der Waals surface area (Å²) in [6, 6.07) is 13.1. The minimum absolute atomic E-state index is 0.0896. The normalized spacial score (nSPS) is 25.9. The average molecular weight is 430 g/mol. The number of likely N-dealkylation sites (tertiary alicyclic amines) is 1. The number of carbonyl (C=O) groups excluding carboxylic acids is 1. The molecule has 0 aromatic heterocycles. The Kier molecular flexibility index (Phi) is 5.84. The highest BCUT2D eigenvalue weighted by Crippen LogP contribution is 2.55. The molecular weight excluding hydrogens is 399 g/mol. The molecule has 0 saturated carbocycles. The van der Waals surface area contributed by atoms with E-state index >= 15 is 0 Å². The van der Waals surface area contributed by atoms with Crippen LogP contribution in [0.5, 0.6) is 5.75 Å². The van der Waals surface area contributed by atoms with E-state index in [-0.39, 0.29) is 12.4 Å². The number of benzene rings is 2. The molecule has 6 nitrogen and oxygen atoms in total. The molecule has 0 bridgehead atoms. The lowest BCUT2D eigenvalue weighted by atomic mass is 9.87. The van der Waals surface area contributed by atoms with Crippen molar-refractivity contribution in [2.75, 3.05) is 0 Å². The van der Waals surface area contributed by atoms with E-state index < -0.39 is 33.6 Å². The molecular formula is C24H30FN2O4+. The van der Waals surface area contributed by atoms with E-state index in [1.807, 2.05) is 32.9 Å². The minimum Gasteiger partial charge on any atom is -0.489 e. The molecule has 1 fully saturated rings. The Morgan fingerprint density at radius 1 is 1.19 bits per heavy atom. The van der Waals surface area contributed by atoms with Crippen LogP contribution in [-0.2, 0) is 11.4 Å². The van der Waals surface area contributed by atoms with Crippen molar-refractivity contribution < 1.29 is 28.3 Å². The summed E-state index contributed by atoms with van der Waals surface area (Å²) >= 11 is 0. The zero-order valence-electron chi connectivity index (χ0n) is 18.4. The van der Waals surface area contributed by atoms with Gasteiger partial charge < -0.3 is 15.6 Å². The molecule has 3 rings (SSSR count). The molecule has 1 saturated heterocycles. The molecule has 166 valence electrons. The lowest BCUT2D eigenvalue weighted by molar-refractivity contribution is -0.954. The number of amides is 2. The van der Waals surface area contributed by atoms with Gasteiger partial charge >= 0.3 is 6.09 Å². The van der Waals surface area contributed by atoms with Gasteiger partial charge in [0.15, 0.2) is 5.54 Å². The fourth-order valence-corrected chi connectivity index (χ4v) is 5.22. The first-order chi connectivity index (χ1) is 14.4. The van der Waals surface area contributed by atoms with Crippen molar-refractivity contribution >= 4 is 12.0 Å². The number of halogens is 1. The van der Waals surface area contributed by atoms with Crippen LogP contribution < -0.4 is 10.5 Å². The third kappa shape index (κ3) is 3.57. The Morgan fingerprint density at radius 2 is 1.81 bits per heavy atom. The molecule has 2 amide bonds. The largest absolute Gasteiger partial charge is 0.515 e. The molecule has 3 atom stereocenters. The van der Waals surface area contributed by atoms with Gasteiger partial charge in [-0.2, -0.15) is 9.28 Å². The maximum atomic E-state index is 13.8. The Labute approximate surface area is 182 Å². The van der Waals surface area contributed by atoms with Crippen molar-refractivity contribution in [1.82, 2.24) is 0 Å². The van der Waals surface area contributed by atoms with Gasteiger partial charge in [-0.25, -0.2) is 4.39 Å². The summed E-state index contributed by atoms with van der Waals surface area (Å²) < 4.78 is 19.0. The lowest BCUT2D eigenvalue weighted by Crippen LogP contribution is -2.74. The fourth-order valence-electron chi connectivity index (χ4n) is 5.22. The van der Waals surface area contributed by atoms with Crippen LogP contribution in [0.2, 0.25) is 0 Å². The van der Waals surface area contributed by atoms with Crippen LogP contribution in [0.1, 0.15) is 57.7 Å². The van der Waals surface area contributed by atoms with Crippen molar-refractivity contribution in [2.45, 2.75) is 64.3 Å². The standard InChI is InChI=1S/C24H29FN2O4/c1-23(2,3)27(22(29)30)20(13-14-24(27,4)21(26)28)16-9-11-18(12-10-16)31-15-17-7-5-6-8-19(17)25/h5-12,20H,13-15H2,1-4H3,(H2-,26,28,29,30)/p+1/t20-,24+,27?/m1/s1. The van der Waals surface area contributed by atoms with Crippen molar-refractivity contribution in [2.24, 2.45) is 5.73 Å². The second-order valence-corrected chi connectivity index (χ2v) is 9.32. The van der Waals surface area contributed by atoms with Gasteiger partial charge in [0.1, 0.15) is 29.8 Å². The molecule has 1 unspecified atom stereocenters. The summed E-state index contributed by atoms with van der Waals surface area (Å²) in [6.07, 6.45) is -0.184. The maximum Gasteiger partial charge on any atom is 0.515 e. The van der Waals surface area contributed by atoms with E-state index in [0.717, 1.165) is 5.56 Å². The van der Waals surface area contributed by atoms with Crippen LogP contribution in [-0.4, -0.2) is 32.7 Å². The molecule has 3 N–H and O–H groups in total. The van der Waals surface area contributed by atoms with Crippen LogP contribution in [0.3, 0.4) is 0 Å². The number of carbonyl (C=O) groups is 2. The van der Waals surface area contributed by atoms with Gasteiger partial charge in [0.25, 0.3) is 5.91 Å². The van der Waals surface area contributed by atoms with Gasteiger partial charge in [0, 0.05) is 30.9 Å². The number of primary amides is 1. The topological polar surface area (TPSA) is 89.6 Å². The molecule has 1 heterocycles. The summed E-state index contributed by atoms with van der Waals surface area (Å²) in [5, 5.41) is 10.4. The van der Waals surface area contributed by atoms with E-state index in [4.69, 9.17) is 10.5 Å². The predicted octanol–water partition coefficient (Wildman–Crippen LogP) is 4.78. The Balaban J connectivity index is 1.93. The minimum atomic E-state index is -1.24. The first-order valence-electron chi connectivity index (χ1n) is 10.3. The van der Waals surface area contributed by atoms with Gasteiger partial charge in [0.2, 0.25) is 0 Å². The van der Waals surface area contributed by atoms with Gasteiger partial charge in [-0.1, -0.05) is 18.2 Å². The highest BCUT2D eigenvalue weighted by atomic mass is 19.1. The first-order valence-corrected chi connectivity index (χ1v) is 10.3. The molecule has 31 heavy (non-hydrogen) atoms. The maximum absolute atomic E-state index is 13.8. The predicted molar refractivity (Wildman–Crippen MR) is 115 cm³/mol. The van der Waals surface area contributed by atoms with E-state index in [2.05, 4.69) is 0 Å². The van der Waals surface area contributed by atoms with E-state index in [1.165, 1.54) is 6.07 Å². The van der Waals surface area contributed by atoms with Crippen LogP contribution in [0.25, 0.3) is 0 Å². The Morgan fingerprint density at radius 3 is 2.32 bits per heavy atom. The van der Waals surface area contributed by atoms with E-state index in [0.29, 0.717) is 24.2 Å². The van der Waals surface area contributed by atoms with Gasteiger partial charge in [-0.3, -0.25) is 4.79 Å². The molecule has 0 aliphatic carbocycles. The number of carboxylic acid groups (broad SMARTS) is 1. The van der Waals surface area contributed by atoms with E-state index in [9.17, 15) is 19.1 Å². The van der Waals surface area contributed by atoms with Crippen LogP contribution in [0.4, 0.5) is 9.18 Å². The number of nitrogens with zero attached hydrogens (tertiary/aromatic N) is 1. The third-order valence-electron chi connectivity index (χ3n) is 6.66. The molecule has 0 radical (unpaired) electrons. The van der Waals surface area contributed by atoms with Crippen molar-refractivity contribution in [3.63, 3.8) is 0 Å². The second-order valence-electron chi connectivity index (χ2n) is 9.32. The number of quaternary nitrogens is 1. The number of hydrogen-bond donors (Lipinski definition) is 2. The number of hydrogen-bond acceptors (Lipinski definition) is 3. The Bertz CT molecular complexity index is 986. The number of ether oxygens (including phenoxy) is 1. The van der Waals surface area contributed by atoms with Crippen LogP contribution in [0, 0.1) is 5.82 Å². The number of rotatable bonds is 5. The summed E-state index contributed by atoms with van der Waals surface area (Å²) in [7, 11) is 0. The van der Waals surface area contributed by atoms with Crippen LogP contribution in [0.15, 0.2) is 48.5 Å². The van der Waals surface area contributed by atoms with Crippen molar-refractivity contribution in [3.05, 3.63) is 65.5 Å². The molecule has 2 aromatic rings. The zero-order chi connectivity index (χ0) is 23.0. The first kappa shape index (κ1) is 22.7. The highest BCUT2D eigenvalue weighted by molar-refractivity contribution is 5.85. The van der Waals surface area contributed by atoms with Crippen molar-refractivity contribution in [1.29, 1.82) is 0 Å². The molecule has 7 heteroatoms. The summed E-state index contributed by atoms with van der Waals surface area (Å²) in [4.78, 5) is 25.2. The Hall–Kier alpha value is -2.93. The summed E-state index contributed by atoms with van der Waals surface area (Å²) in [5.41, 5.74) is 4.97. The van der Waals surface area contributed by atoms with Crippen molar-refractivity contribution in [3.8, 4) is 5.75 Å². The molecule has 1 aliphatic rings. The molecule has 0 spiro atoms. The van der Waals surface area contributed by atoms with E-state index in [1.54, 1.807) is 37.3 Å². The SMILES string of the molecule is CC(C)(C)[N+]1(C(=O)O)[C@@H](c2ccc(OCc3ccccc3F)cc2)CC[C@@]1(C)C(N)=O. The third-order valence-corrected chi connectivity index (χ3v) is 6.66. The summed E-state index contributed by atoms with van der Waals surface area (Å²) in [6.45, 7) is 7.22.